The molecule has 2 aliphatic heterocycles. The number of likely N-dealkylation sites (tertiary alicyclic amines) is 1. The average Bonchev–Trinajstić information content (AvgIpc) is 2.81. The second-order valence-electron chi connectivity index (χ2n) is 6.18. The van der Waals surface area contributed by atoms with Gasteiger partial charge in [-0.1, -0.05) is 0 Å². The SMILES string of the molecule is CN1CC2(CCN(c3ccc(C(F)(F)F)c(C#N)c3)C2)C1. The molecule has 0 bridgehead atoms. The highest BCUT2D eigenvalue weighted by Gasteiger charge is 2.46. The zero-order valence-electron chi connectivity index (χ0n) is 11.7. The molecule has 112 valence electrons. The van der Waals surface area contributed by atoms with Crippen molar-refractivity contribution in [2.24, 2.45) is 5.41 Å². The Kier molecular flexibility index (Phi) is 3.14. The van der Waals surface area contributed by atoms with Crippen LogP contribution in [0.4, 0.5) is 18.9 Å². The maximum atomic E-state index is 12.8. The number of halogens is 3. The van der Waals surface area contributed by atoms with Crippen LogP contribution in [0, 0.1) is 16.7 Å². The van der Waals surface area contributed by atoms with Crippen molar-refractivity contribution in [1.29, 1.82) is 5.26 Å². The van der Waals surface area contributed by atoms with E-state index in [0.717, 1.165) is 38.7 Å². The quantitative estimate of drug-likeness (QED) is 0.798. The number of anilines is 1. The fourth-order valence-electron chi connectivity index (χ4n) is 3.58. The van der Waals surface area contributed by atoms with Gasteiger partial charge in [-0.25, -0.2) is 0 Å². The number of benzene rings is 1. The average molecular weight is 295 g/mol. The van der Waals surface area contributed by atoms with Crippen LogP contribution in [0.25, 0.3) is 0 Å². The Balaban J connectivity index is 1.83. The largest absolute Gasteiger partial charge is 0.417 e. The van der Waals surface area contributed by atoms with Gasteiger partial charge in [0.15, 0.2) is 0 Å². The lowest BCUT2D eigenvalue weighted by atomic mass is 9.79. The Hall–Kier alpha value is -1.74. The molecule has 2 fully saturated rings. The van der Waals surface area contributed by atoms with Crippen LogP contribution in [0.5, 0.6) is 0 Å². The lowest BCUT2D eigenvalue weighted by Gasteiger charge is -2.46. The first-order chi connectivity index (χ1) is 9.83. The van der Waals surface area contributed by atoms with E-state index in [2.05, 4.69) is 16.8 Å². The maximum absolute atomic E-state index is 12.8. The molecule has 0 atom stereocenters. The Morgan fingerprint density at radius 2 is 1.95 bits per heavy atom. The summed E-state index contributed by atoms with van der Waals surface area (Å²) in [5.74, 6) is 0. The van der Waals surface area contributed by atoms with E-state index in [0.29, 0.717) is 5.69 Å². The number of alkyl halides is 3. The van der Waals surface area contributed by atoms with Crippen molar-refractivity contribution in [2.75, 3.05) is 38.1 Å². The molecule has 21 heavy (non-hydrogen) atoms. The molecule has 1 aromatic carbocycles. The van der Waals surface area contributed by atoms with Gasteiger partial charge in [0, 0.05) is 37.3 Å². The van der Waals surface area contributed by atoms with E-state index in [1.807, 2.05) is 0 Å². The number of hydrogen-bond acceptors (Lipinski definition) is 3. The third kappa shape index (κ3) is 2.46. The van der Waals surface area contributed by atoms with Gasteiger partial charge in [0.2, 0.25) is 0 Å². The predicted molar refractivity (Wildman–Crippen MR) is 72.9 cm³/mol. The lowest BCUT2D eigenvalue weighted by molar-refractivity contribution is -0.137. The Labute approximate surface area is 121 Å². The molecule has 0 aliphatic carbocycles. The highest BCUT2D eigenvalue weighted by Crippen LogP contribution is 2.41. The van der Waals surface area contributed by atoms with E-state index in [1.54, 1.807) is 6.07 Å². The minimum absolute atomic E-state index is 0.282. The normalized spacial score (nSPS) is 21.4. The summed E-state index contributed by atoms with van der Waals surface area (Å²) in [5.41, 5.74) is -0.159. The third-order valence-corrected chi connectivity index (χ3v) is 4.44. The summed E-state index contributed by atoms with van der Waals surface area (Å²) >= 11 is 0. The van der Waals surface area contributed by atoms with E-state index >= 15 is 0 Å². The van der Waals surface area contributed by atoms with Crippen molar-refractivity contribution >= 4 is 5.69 Å². The monoisotopic (exact) mass is 295 g/mol. The summed E-state index contributed by atoms with van der Waals surface area (Å²) in [7, 11) is 2.07. The first-order valence-electron chi connectivity index (χ1n) is 6.88. The van der Waals surface area contributed by atoms with Crippen molar-refractivity contribution in [3.05, 3.63) is 29.3 Å². The summed E-state index contributed by atoms with van der Waals surface area (Å²) in [6.45, 7) is 3.77. The molecule has 1 aromatic rings. The molecule has 6 heteroatoms. The van der Waals surface area contributed by atoms with E-state index in [-0.39, 0.29) is 11.0 Å². The molecule has 3 nitrogen and oxygen atoms in total. The molecule has 3 rings (SSSR count). The summed E-state index contributed by atoms with van der Waals surface area (Å²) in [6.07, 6.45) is -3.42. The van der Waals surface area contributed by atoms with Gasteiger partial charge in [-0.2, -0.15) is 18.4 Å². The van der Waals surface area contributed by atoms with Crippen LogP contribution in [0.3, 0.4) is 0 Å². The van der Waals surface area contributed by atoms with Crippen molar-refractivity contribution in [1.82, 2.24) is 4.90 Å². The summed E-state index contributed by atoms with van der Waals surface area (Å²) < 4.78 is 38.4. The van der Waals surface area contributed by atoms with Gasteiger partial charge in [0.05, 0.1) is 17.2 Å². The van der Waals surface area contributed by atoms with Gasteiger partial charge >= 0.3 is 6.18 Å². The fraction of sp³-hybridized carbons (Fsp3) is 0.533. The van der Waals surface area contributed by atoms with E-state index in [4.69, 9.17) is 5.26 Å². The first-order valence-corrected chi connectivity index (χ1v) is 6.88. The van der Waals surface area contributed by atoms with Crippen LogP contribution in [0.2, 0.25) is 0 Å². The first kappa shape index (κ1) is 14.2. The van der Waals surface area contributed by atoms with Crippen LogP contribution in [-0.2, 0) is 6.18 Å². The zero-order chi connectivity index (χ0) is 15.3. The number of nitrogens with zero attached hydrogens (tertiary/aromatic N) is 3. The van der Waals surface area contributed by atoms with Crippen LogP contribution >= 0.6 is 0 Å². The van der Waals surface area contributed by atoms with Crippen molar-refractivity contribution in [3.8, 4) is 6.07 Å². The topological polar surface area (TPSA) is 30.3 Å². The highest BCUT2D eigenvalue weighted by molar-refractivity contribution is 5.56. The van der Waals surface area contributed by atoms with Gasteiger partial charge in [0.1, 0.15) is 0 Å². The van der Waals surface area contributed by atoms with Crippen LogP contribution in [-0.4, -0.2) is 38.1 Å². The van der Waals surface area contributed by atoms with Gasteiger partial charge in [-0.3, -0.25) is 0 Å². The van der Waals surface area contributed by atoms with Crippen LogP contribution in [0.15, 0.2) is 18.2 Å². The second-order valence-corrected chi connectivity index (χ2v) is 6.18. The Bertz CT molecular complexity index is 597. The van der Waals surface area contributed by atoms with Crippen LogP contribution in [0.1, 0.15) is 17.5 Å². The smallest absolute Gasteiger partial charge is 0.371 e. The van der Waals surface area contributed by atoms with E-state index in [1.165, 1.54) is 12.1 Å². The molecule has 0 radical (unpaired) electrons. The molecular formula is C15H16F3N3. The molecule has 2 aliphatic rings. The molecule has 0 saturated carbocycles. The summed E-state index contributed by atoms with van der Waals surface area (Å²) in [6, 6.07) is 5.53. The zero-order valence-corrected chi connectivity index (χ0v) is 11.7. The molecule has 0 N–H and O–H groups in total. The molecule has 0 aromatic heterocycles. The van der Waals surface area contributed by atoms with Gasteiger partial charge in [0.25, 0.3) is 0 Å². The summed E-state index contributed by atoms with van der Waals surface area (Å²) in [5, 5.41) is 8.97. The Morgan fingerprint density at radius 3 is 2.52 bits per heavy atom. The minimum atomic E-state index is -4.48. The minimum Gasteiger partial charge on any atom is -0.371 e. The highest BCUT2D eigenvalue weighted by atomic mass is 19.4. The van der Waals surface area contributed by atoms with Crippen molar-refractivity contribution in [2.45, 2.75) is 12.6 Å². The molecule has 0 amide bonds. The molecule has 2 saturated heterocycles. The fourth-order valence-corrected chi connectivity index (χ4v) is 3.58. The molecular weight excluding hydrogens is 279 g/mol. The number of rotatable bonds is 1. The lowest BCUT2D eigenvalue weighted by Crippen LogP contribution is -2.55. The van der Waals surface area contributed by atoms with Crippen LogP contribution < -0.4 is 4.90 Å². The van der Waals surface area contributed by atoms with E-state index in [9.17, 15) is 13.2 Å². The Morgan fingerprint density at radius 1 is 1.24 bits per heavy atom. The van der Waals surface area contributed by atoms with Crippen molar-refractivity contribution < 1.29 is 13.2 Å². The molecule has 2 heterocycles. The molecule has 1 spiro atoms. The molecule has 0 unspecified atom stereocenters. The summed E-state index contributed by atoms with van der Waals surface area (Å²) in [4.78, 5) is 4.34. The maximum Gasteiger partial charge on any atom is 0.417 e. The second kappa shape index (κ2) is 4.63. The van der Waals surface area contributed by atoms with E-state index < -0.39 is 11.7 Å². The van der Waals surface area contributed by atoms with Crippen molar-refractivity contribution in [3.63, 3.8) is 0 Å². The number of hydrogen-bond donors (Lipinski definition) is 0. The number of nitriles is 1. The third-order valence-electron chi connectivity index (χ3n) is 4.44. The standard InChI is InChI=1S/C15H16F3N3/c1-20-8-14(9-20)4-5-21(10-14)12-2-3-13(15(16,17)18)11(6-12)7-19/h2-3,6H,4-5,8-10H2,1H3. The van der Waals surface area contributed by atoms with Gasteiger partial charge < -0.3 is 9.80 Å². The predicted octanol–water partition coefficient (Wildman–Crippen LogP) is 2.72. The van der Waals surface area contributed by atoms with Gasteiger partial charge in [-0.15, -0.1) is 0 Å². The van der Waals surface area contributed by atoms with Gasteiger partial charge in [-0.05, 0) is 31.7 Å².